The van der Waals surface area contributed by atoms with E-state index in [4.69, 9.17) is 4.74 Å². The van der Waals surface area contributed by atoms with Gasteiger partial charge in [-0.1, -0.05) is 45.9 Å². The number of H-pyrrole nitrogens is 1. The number of rotatable bonds is 3. The van der Waals surface area contributed by atoms with Gasteiger partial charge in [0.05, 0.1) is 5.69 Å². The standard InChI is InChI=1S/C18H14BrNO2S/c19-15-4-2-1-3-11(15)10-22-12-5-6-16-14(9-12)13-7-8-23-18(21)17(13)20-16/h1-6,9,20H,7-8,10H2. The number of hydrogen-bond donors (Lipinski definition) is 1. The monoisotopic (exact) mass is 387 g/mol. The number of halogens is 1. The van der Waals surface area contributed by atoms with Crippen LogP contribution in [0.4, 0.5) is 0 Å². The minimum Gasteiger partial charge on any atom is -0.489 e. The maximum atomic E-state index is 12.0. The first-order valence-corrected chi connectivity index (χ1v) is 9.18. The van der Waals surface area contributed by atoms with Crippen molar-refractivity contribution in [3.63, 3.8) is 0 Å². The second kappa shape index (κ2) is 6.06. The van der Waals surface area contributed by atoms with E-state index in [2.05, 4.69) is 20.9 Å². The van der Waals surface area contributed by atoms with Gasteiger partial charge in [0.2, 0.25) is 5.12 Å². The highest BCUT2D eigenvalue weighted by molar-refractivity contribution is 9.10. The molecule has 1 aromatic heterocycles. The summed E-state index contributed by atoms with van der Waals surface area (Å²) in [6, 6.07) is 14.0. The molecule has 0 bridgehead atoms. The van der Waals surface area contributed by atoms with Crippen molar-refractivity contribution in [2.75, 3.05) is 5.75 Å². The van der Waals surface area contributed by atoms with Crippen molar-refractivity contribution in [1.29, 1.82) is 0 Å². The number of nitrogens with one attached hydrogen (secondary N) is 1. The molecule has 0 radical (unpaired) electrons. The quantitative estimate of drug-likeness (QED) is 0.691. The van der Waals surface area contributed by atoms with Gasteiger partial charge in [0.1, 0.15) is 12.4 Å². The molecule has 2 heterocycles. The molecule has 0 spiro atoms. The molecule has 1 aliphatic rings. The SMILES string of the molecule is O=C1SCCc2c1[nH]c1ccc(OCc3ccccc3Br)cc21. The van der Waals surface area contributed by atoms with Gasteiger partial charge < -0.3 is 9.72 Å². The normalized spacial score (nSPS) is 14.0. The van der Waals surface area contributed by atoms with E-state index in [-0.39, 0.29) is 5.12 Å². The van der Waals surface area contributed by atoms with E-state index in [1.807, 2.05) is 42.5 Å². The summed E-state index contributed by atoms with van der Waals surface area (Å²) >= 11 is 4.92. The second-order valence-corrected chi connectivity index (χ2v) is 7.37. The molecule has 0 amide bonds. The summed E-state index contributed by atoms with van der Waals surface area (Å²) in [7, 11) is 0. The van der Waals surface area contributed by atoms with Gasteiger partial charge in [-0.25, -0.2) is 0 Å². The summed E-state index contributed by atoms with van der Waals surface area (Å²) in [5.41, 5.74) is 3.98. The molecule has 0 saturated heterocycles. The van der Waals surface area contributed by atoms with Crippen molar-refractivity contribution >= 4 is 43.7 Å². The van der Waals surface area contributed by atoms with Crippen LogP contribution in [0.1, 0.15) is 21.6 Å². The van der Waals surface area contributed by atoms with Gasteiger partial charge >= 0.3 is 0 Å². The van der Waals surface area contributed by atoms with Crippen LogP contribution in [0.25, 0.3) is 10.9 Å². The summed E-state index contributed by atoms with van der Waals surface area (Å²) < 4.78 is 6.98. The van der Waals surface area contributed by atoms with Gasteiger partial charge in [-0.05, 0) is 36.2 Å². The number of hydrogen-bond acceptors (Lipinski definition) is 3. The van der Waals surface area contributed by atoms with Crippen molar-refractivity contribution in [2.24, 2.45) is 0 Å². The zero-order chi connectivity index (χ0) is 15.8. The third kappa shape index (κ3) is 2.79. The van der Waals surface area contributed by atoms with Crippen LogP contribution in [0.15, 0.2) is 46.9 Å². The molecular formula is C18H14BrNO2S. The molecule has 4 rings (SSSR count). The highest BCUT2D eigenvalue weighted by Crippen LogP contribution is 2.33. The van der Waals surface area contributed by atoms with Gasteiger partial charge in [0.25, 0.3) is 0 Å². The van der Waals surface area contributed by atoms with Crippen LogP contribution >= 0.6 is 27.7 Å². The summed E-state index contributed by atoms with van der Waals surface area (Å²) in [4.78, 5) is 15.2. The number of aromatic amines is 1. The van der Waals surface area contributed by atoms with Gasteiger partial charge in [-0.15, -0.1) is 0 Å². The predicted octanol–water partition coefficient (Wildman–Crippen LogP) is 4.94. The minimum absolute atomic E-state index is 0.137. The lowest BCUT2D eigenvalue weighted by molar-refractivity contribution is 0.108. The lowest BCUT2D eigenvalue weighted by Crippen LogP contribution is -2.07. The molecule has 1 N–H and O–H groups in total. The number of benzene rings is 2. The van der Waals surface area contributed by atoms with Gasteiger partial charge in [-0.2, -0.15) is 0 Å². The summed E-state index contributed by atoms with van der Waals surface area (Å²) in [6.07, 6.45) is 0.916. The Morgan fingerprint density at radius 2 is 2.09 bits per heavy atom. The van der Waals surface area contributed by atoms with E-state index in [0.717, 1.165) is 50.1 Å². The summed E-state index contributed by atoms with van der Waals surface area (Å²) in [6.45, 7) is 0.508. The average molecular weight is 388 g/mol. The van der Waals surface area contributed by atoms with Crippen LogP contribution in [0.3, 0.4) is 0 Å². The lowest BCUT2D eigenvalue weighted by atomic mass is 10.1. The maximum absolute atomic E-state index is 12.0. The zero-order valence-electron chi connectivity index (χ0n) is 12.3. The van der Waals surface area contributed by atoms with Crippen LogP contribution in [0, 0.1) is 0 Å². The first-order chi connectivity index (χ1) is 11.2. The van der Waals surface area contributed by atoms with Crippen molar-refractivity contribution in [3.05, 3.63) is 63.8 Å². The largest absolute Gasteiger partial charge is 0.489 e. The Bertz CT molecular complexity index is 903. The Balaban J connectivity index is 1.64. The third-order valence-electron chi connectivity index (χ3n) is 4.02. The number of aromatic nitrogens is 1. The Hall–Kier alpha value is -1.72. The van der Waals surface area contributed by atoms with Crippen molar-refractivity contribution in [3.8, 4) is 5.75 Å². The fourth-order valence-electron chi connectivity index (χ4n) is 2.85. The number of carbonyl (C=O) groups excluding carboxylic acids is 1. The topological polar surface area (TPSA) is 42.1 Å². The molecule has 3 nitrogen and oxygen atoms in total. The van der Waals surface area contributed by atoms with Crippen LogP contribution < -0.4 is 4.74 Å². The molecule has 0 aliphatic carbocycles. The molecule has 0 atom stereocenters. The van der Waals surface area contributed by atoms with Gasteiger partial charge in [0.15, 0.2) is 0 Å². The van der Waals surface area contributed by atoms with Crippen LogP contribution in [-0.2, 0) is 13.0 Å². The first-order valence-electron chi connectivity index (χ1n) is 7.40. The van der Waals surface area contributed by atoms with Crippen LogP contribution in [0.2, 0.25) is 0 Å². The van der Waals surface area contributed by atoms with Crippen molar-refractivity contribution in [2.45, 2.75) is 13.0 Å². The number of fused-ring (bicyclic) bond motifs is 3. The smallest absolute Gasteiger partial charge is 0.235 e. The van der Waals surface area contributed by atoms with E-state index < -0.39 is 0 Å². The molecule has 0 unspecified atom stereocenters. The maximum Gasteiger partial charge on any atom is 0.235 e. The molecular weight excluding hydrogens is 374 g/mol. The lowest BCUT2D eigenvalue weighted by Gasteiger charge is -2.10. The predicted molar refractivity (Wildman–Crippen MR) is 97.3 cm³/mol. The third-order valence-corrected chi connectivity index (χ3v) is 5.67. The van der Waals surface area contributed by atoms with Gasteiger partial charge in [0, 0.05) is 26.7 Å². The first kappa shape index (κ1) is 14.8. The fourth-order valence-corrected chi connectivity index (χ4v) is 4.05. The van der Waals surface area contributed by atoms with E-state index in [1.165, 1.54) is 11.8 Å². The fraction of sp³-hybridized carbons (Fsp3) is 0.167. The molecule has 0 fully saturated rings. The van der Waals surface area contributed by atoms with Crippen molar-refractivity contribution < 1.29 is 9.53 Å². The highest BCUT2D eigenvalue weighted by atomic mass is 79.9. The second-order valence-electron chi connectivity index (χ2n) is 5.45. The number of aryl methyl sites for hydroxylation is 1. The number of thioether (sulfide) groups is 1. The molecule has 5 heteroatoms. The average Bonchev–Trinajstić information content (AvgIpc) is 2.94. The van der Waals surface area contributed by atoms with Crippen LogP contribution in [-0.4, -0.2) is 15.9 Å². The number of carbonyl (C=O) groups is 1. The molecule has 2 aromatic carbocycles. The Morgan fingerprint density at radius 3 is 2.96 bits per heavy atom. The summed E-state index contributed by atoms with van der Waals surface area (Å²) in [5, 5.41) is 1.23. The summed E-state index contributed by atoms with van der Waals surface area (Å²) in [5.74, 6) is 1.67. The molecule has 1 aliphatic heterocycles. The Kier molecular flexibility index (Phi) is 3.91. The van der Waals surface area contributed by atoms with Crippen molar-refractivity contribution in [1.82, 2.24) is 4.98 Å². The highest BCUT2D eigenvalue weighted by Gasteiger charge is 2.22. The molecule has 23 heavy (non-hydrogen) atoms. The molecule has 3 aromatic rings. The number of ether oxygens (including phenoxy) is 1. The van der Waals surface area contributed by atoms with Gasteiger partial charge in [-0.3, -0.25) is 4.79 Å². The minimum atomic E-state index is 0.137. The Morgan fingerprint density at radius 1 is 1.22 bits per heavy atom. The van der Waals surface area contributed by atoms with E-state index in [9.17, 15) is 4.79 Å². The molecule has 0 saturated carbocycles. The van der Waals surface area contributed by atoms with Crippen LogP contribution in [0.5, 0.6) is 5.75 Å². The van der Waals surface area contributed by atoms with E-state index >= 15 is 0 Å². The Labute approximate surface area is 146 Å². The molecule has 116 valence electrons. The van der Waals surface area contributed by atoms with E-state index in [0.29, 0.717) is 6.61 Å². The van der Waals surface area contributed by atoms with E-state index in [1.54, 1.807) is 0 Å². The zero-order valence-corrected chi connectivity index (χ0v) is 14.7.